The van der Waals surface area contributed by atoms with Crippen LogP contribution in [-0.2, 0) is 0 Å². The molecule has 86 valence electrons. The third-order valence-corrected chi connectivity index (χ3v) is 2.74. The first kappa shape index (κ1) is 10.9. The van der Waals surface area contributed by atoms with Gasteiger partial charge in [0.1, 0.15) is 0 Å². The van der Waals surface area contributed by atoms with E-state index in [0.29, 0.717) is 11.6 Å². The first-order chi connectivity index (χ1) is 7.72. The summed E-state index contributed by atoms with van der Waals surface area (Å²) in [5.74, 6) is -0.0181. The van der Waals surface area contributed by atoms with Gasteiger partial charge in [0, 0.05) is 30.4 Å². The zero-order valence-electron chi connectivity index (χ0n) is 9.40. The highest BCUT2D eigenvalue weighted by Gasteiger charge is 2.32. The van der Waals surface area contributed by atoms with Gasteiger partial charge in [-0.3, -0.25) is 9.59 Å². The molecule has 1 aromatic heterocycles. The van der Waals surface area contributed by atoms with Crippen LogP contribution in [0.1, 0.15) is 36.5 Å². The molecule has 0 unspecified atom stereocenters. The predicted octanol–water partition coefficient (Wildman–Crippen LogP) is 1.39. The van der Waals surface area contributed by atoms with Crippen LogP contribution in [0.5, 0.6) is 0 Å². The number of nitrogens with one attached hydrogen (secondary N) is 1. The molecule has 0 spiro atoms. The molecule has 4 heteroatoms. The molecule has 0 bridgehead atoms. The number of rotatable bonds is 4. The Hall–Kier alpha value is -1.58. The fourth-order valence-corrected chi connectivity index (χ4v) is 1.82. The second kappa shape index (κ2) is 4.51. The van der Waals surface area contributed by atoms with Crippen molar-refractivity contribution in [3.8, 4) is 0 Å². The van der Waals surface area contributed by atoms with Crippen LogP contribution in [0.4, 0.5) is 0 Å². The number of carbonyl (C=O) groups excluding carboxylic acids is 1. The minimum absolute atomic E-state index is 0.0181. The zero-order valence-corrected chi connectivity index (χ0v) is 9.40. The summed E-state index contributed by atoms with van der Waals surface area (Å²) in [4.78, 5) is 27.7. The highest BCUT2D eigenvalue weighted by molar-refractivity contribution is 5.94. The van der Waals surface area contributed by atoms with E-state index in [1.165, 1.54) is 12.3 Å². The average Bonchev–Trinajstić information content (AvgIpc) is 3.09. The molecule has 1 aromatic rings. The second-order valence-electron chi connectivity index (χ2n) is 4.17. The average molecular weight is 220 g/mol. The van der Waals surface area contributed by atoms with Crippen molar-refractivity contribution in [2.24, 2.45) is 0 Å². The summed E-state index contributed by atoms with van der Waals surface area (Å²) in [7, 11) is 0. The molecule has 1 N–H and O–H groups in total. The van der Waals surface area contributed by atoms with Crippen molar-refractivity contribution >= 4 is 5.91 Å². The molecule has 1 aliphatic rings. The number of hydrogen-bond acceptors (Lipinski definition) is 2. The fraction of sp³-hybridized carbons (Fsp3) is 0.500. The van der Waals surface area contributed by atoms with Crippen molar-refractivity contribution in [3.63, 3.8) is 0 Å². The van der Waals surface area contributed by atoms with Crippen molar-refractivity contribution in [1.29, 1.82) is 0 Å². The number of carbonyl (C=O) groups is 1. The molecule has 1 fully saturated rings. The van der Waals surface area contributed by atoms with Gasteiger partial charge in [0.05, 0.1) is 0 Å². The maximum Gasteiger partial charge on any atom is 0.254 e. The number of nitrogens with zero attached hydrogens (tertiary/aromatic N) is 1. The molecule has 0 atom stereocenters. The van der Waals surface area contributed by atoms with Gasteiger partial charge in [-0.2, -0.15) is 0 Å². The van der Waals surface area contributed by atoms with Gasteiger partial charge in [0.15, 0.2) is 0 Å². The van der Waals surface area contributed by atoms with Gasteiger partial charge in [-0.05, 0) is 25.3 Å². The molecule has 2 rings (SSSR count). The number of amides is 1. The van der Waals surface area contributed by atoms with Crippen molar-refractivity contribution in [3.05, 3.63) is 34.2 Å². The quantitative estimate of drug-likeness (QED) is 0.833. The lowest BCUT2D eigenvalue weighted by molar-refractivity contribution is 0.0743. The molecule has 0 aromatic carbocycles. The second-order valence-corrected chi connectivity index (χ2v) is 4.17. The van der Waals surface area contributed by atoms with E-state index in [0.717, 1.165) is 25.8 Å². The van der Waals surface area contributed by atoms with Gasteiger partial charge in [-0.1, -0.05) is 6.92 Å². The van der Waals surface area contributed by atoms with Crippen LogP contribution in [0.2, 0.25) is 0 Å². The van der Waals surface area contributed by atoms with Gasteiger partial charge in [-0.15, -0.1) is 0 Å². The summed E-state index contributed by atoms with van der Waals surface area (Å²) in [6.45, 7) is 2.83. The van der Waals surface area contributed by atoms with Gasteiger partial charge < -0.3 is 9.88 Å². The van der Waals surface area contributed by atoms with Crippen LogP contribution in [0.3, 0.4) is 0 Å². The molecule has 0 radical (unpaired) electrons. The molecular weight excluding hydrogens is 204 g/mol. The summed E-state index contributed by atoms with van der Waals surface area (Å²) >= 11 is 0. The van der Waals surface area contributed by atoms with E-state index in [-0.39, 0.29) is 11.5 Å². The van der Waals surface area contributed by atoms with Crippen LogP contribution in [0.25, 0.3) is 0 Å². The Morgan fingerprint density at radius 3 is 2.88 bits per heavy atom. The lowest BCUT2D eigenvalue weighted by Crippen LogP contribution is -2.34. The Morgan fingerprint density at radius 1 is 1.56 bits per heavy atom. The van der Waals surface area contributed by atoms with E-state index in [9.17, 15) is 9.59 Å². The van der Waals surface area contributed by atoms with Crippen molar-refractivity contribution in [2.45, 2.75) is 32.2 Å². The molecule has 16 heavy (non-hydrogen) atoms. The van der Waals surface area contributed by atoms with E-state index in [4.69, 9.17) is 0 Å². The summed E-state index contributed by atoms with van der Waals surface area (Å²) in [5, 5.41) is 0. The number of hydrogen-bond donors (Lipinski definition) is 1. The standard InChI is InChI=1S/C12H16N2O2/c1-2-7-14(10-3-4-10)12(16)9-5-6-13-11(15)8-9/h5-6,8,10H,2-4,7H2,1H3,(H,13,15). The summed E-state index contributed by atoms with van der Waals surface area (Å²) in [6, 6.07) is 3.43. The van der Waals surface area contributed by atoms with Crippen LogP contribution >= 0.6 is 0 Å². The molecule has 0 aliphatic heterocycles. The Balaban J connectivity index is 2.18. The SMILES string of the molecule is CCCN(C(=O)c1cc[nH]c(=O)c1)C1CC1. The zero-order chi connectivity index (χ0) is 11.5. The van der Waals surface area contributed by atoms with E-state index in [1.54, 1.807) is 6.07 Å². The monoisotopic (exact) mass is 220 g/mol. The van der Waals surface area contributed by atoms with E-state index in [2.05, 4.69) is 11.9 Å². The maximum absolute atomic E-state index is 12.1. The molecule has 1 amide bonds. The van der Waals surface area contributed by atoms with Gasteiger partial charge in [0.2, 0.25) is 5.56 Å². The number of pyridine rings is 1. The Morgan fingerprint density at radius 2 is 2.31 bits per heavy atom. The van der Waals surface area contributed by atoms with Gasteiger partial charge in [-0.25, -0.2) is 0 Å². The summed E-state index contributed by atoms with van der Waals surface area (Å²) < 4.78 is 0. The first-order valence-corrected chi connectivity index (χ1v) is 5.72. The van der Waals surface area contributed by atoms with E-state index < -0.39 is 0 Å². The smallest absolute Gasteiger partial charge is 0.254 e. The number of aromatic amines is 1. The Bertz CT molecular complexity index is 435. The third-order valence-electron chi connectivity index (χ3n) is 2.74. The van der Waals surface area contributed by atoms with Crippen LogP contribution < -0.4 is 5.56 Å². The van der Waals surface area contributed by atoms with Crippen LogP contribution in [-0.4, -0.2) is 28.4 Å². The van der Waals surface area contributed by atoms with Crippen molar-refractivity contribution in [1.82, 2.24) is 9.88 Å². The Kier molecular flexibility index (Phi) is 3.08. The van der Waals surface area contributed by atoms with Crippen LogP contribution in [0, 0.1) is 0 Å². The third kappa shape index (κ3) is 2.32. The summed E-state index contributed by atoms with van der Waals surface area (Å²) in [5.41, 5.74) is 0.266. The normalized spacial score (nSPS) is 14.8. The lowest BCUT2D eigenvalue weighted by atomic mass is 10.2. The number of aromatic nitrogens is 1. The fourth-order valence-electron chi connectivity index (χ4n) is 1.82. The molecule has 1 aliphatic carbocycles. The highest BCUT2D eigenvalue weighted by Crippen LogP contribution is 2.28. The maximum atomic E-state index is 12.1. The predicted molar refractivity (Wildman–Crippen MR) is 61.4 cm³/mol. The van der Waals surface area contributed by atoms with Crippen LogP contribution in [0.15, 0.2) is 23.1 Å². The highest BCUT2D eigenvalue weighted by atomic mass is 16.2. The molecule has 1 heterocycles. The van der Waals surface area contributed by atoms with Crippen molar-refractivity contribution in [2.75, 3.05) is 6.54 Å². The lowest BCUT2D eigenvalue weighted by Gasteiger charge is -2.21. The first-order valence-electron chi connectivity index (χ1n) is 5.72. The minimum atomic E-state index is -0.224. The van der Waals surface area contributed by atoms with Crippen molar-refractivity contribution < 1.29 is 4.79 Å². The molecular formula is C12H16N2O2. The minimum Gasteiger partial charge on any atom is -0.336 e. The molecule has 0 saturated heterocycles. The van der Waals surface area contributed by atoms with Gasteiger partial charge in [0.25, 0.3) is 5.91 Å². The van der Waals surface area contributed by atoms with Gasteiger partial charge >= 0.3 is 0 Å². The van der Waals surface area contributed by atoms with E-state index in [1.807, 2.05) is 4.90 Å². The van der Waals surface area contributed by atoms with E-state index >= 15 is 0 Å². The Labute approximate surface area is 94.3 Å². The number of H-pyrrole nitrogens is 1. The molecule has 1 saturated carbocycles. The largest absolute Gasteiger partial charge is 0.336 e. The molecule has 4 nitrogen and oxygen atoms in total. The summed E-state index contributed by atoms with van der Waals surface area (Å²) in [6.07, 6.45) is 4.65. The topological polar surface area (TPSA) is 53.2 Å².